The maximum atomic E-state index is 10.5. The second kappa shape index (κ2) is 28.6. The average Bonchev–Trinajstić information content (AvgIpc) is 2.83. The molecule has 0 aliphatic rings. The molecule has 0 aliphatic heterocycles. The summed E-state index contributed by atoms with van der Waals surface area (Å²) in [4.78, 5) is 10.5. The van der Waals surface area contributed by atoms with E-state index < -0.39 is 5.97 Å². The highest BCUT2D eigenvalue weighted by atomic mass is 16.5. The monoisotopic (exact) mass is 486 g/mol. The van der Waals surface area contributed by atoms with E-state index in [1.54, 1.807) is 0 Å². The van der Waals surface area contributed by atoms with Crippen LogP contribution >= 0.6 is 0 Å². The number of ether oxygens (including phenoxy) is 2. The van der Waals surface area contributed by atoms with Gasteiger partial charge in [0.1, 0.15) is 6.10 Å². The zero-order valence-corrected chi connectivity index (χ0v) is 22.6. The Balaban J connectivity index is 3.21. The number of hydrogen-bond donors (Lipinski definition) is 2. The first kappa shape index (κ1) is 33.4. The van der Waals surface area contributed by atoms with Crippen molar-refractivity contribution in [1.82, 2.24) is 0 Å². The number of carboxylic acids is 1. The molecule has 0 unspecified atom stereocenters. The molecule has 0 aromatic rings. The highest BCUT2D eigenvalue weighted by Crippen LogP contribution is 2.14. The molecule has 5 nitrogen and oxygen atoms in total. The van der Waals surface area contributed by atoms with Crippen molar-refractivity contribution in [2.75, 3.05) is 26.4 Å². The minimum atomic E-state index is -0.748. The summed E-state index contributed by atoms with van der Waals surface area (Å²) in [7, 11) is 0. The summed E-state index contributed by atoms with van der Waals surface area (Å²) in [6.45, 7) is 3.97. The van der Waals surface area contributed by atoms with Crippen LogP contribution in [-0.4, -0.2) is 48.7 Å². The van der Waals surface area contributed by atoms with Crippen molar-refractivity contribution in [2.45, 2.75) is 154 Å². The molecule has 0 bridgehead atoms. The van der Waals surface area contributed by atoms with E-state index in [-0.39, 0.29) is 19.1 Å². The Morgan fingerprint density at radius 1 is 0.618 bits per heavy atom. The predicted octanol–water partition coefficient (Wildman–Crippen LogP) is 8.07. The summed E-state index contributed by atoms with van der Waals surface area (Å²) in [6.07, 6.45) is 27.1. The maximum absolute atomic E-state index is 10.5. The fourth-order valence-electron chi connectivity index (χ4n) is 4.28. The second-order valence-corrected chi connectivity index (χ2v) is 9.97. The van der Waals surface area contributed by atoms with Gasteiger partial charge in [-0.1, -0.05) is 122 Å². The van der Waals surface area contributed by atoms with Crippen LogP contribution in [-0.2, 0) is 14.3 Å². The summed E-state index contributed by atoms with van der Waals surface area (Å²) in [5, 5.41) is 18.0. The molecular formula is C29H58O5. The van der Waals surface area contributed by atoms with Gasteiger partial charge in [-0.3, -0.25) is 4.79 Å². The van der Waals surface area contributed by atoms with Gasteiger partial charge >= 0.3 is 5.97 Å². The van der Waals surface area contributed by atoms with Gasteiger partial charge in [-0.15, -0.1) is 0 Å². The van der Waals surface area contributed by atoms with Crippen LogP contribution in [0.3, 0.4) is 0 Å². The van der Waals surface area contributed by atoms with Crippen molar-refractivity contribution >= 4 is 5.97 Å². The molecule has 1 atom stereocenters. The van der Waals surface area contributed by atoms with Crippen LogP contribution in [0.4, 0.5) is 0 Å². The van der Waals surface area contributed by atoms with Crippen LogP contribution in [0.5, 0.6) is 0 Å². The van der Waals surface area contributed by atoms with Gasteiger partial charge in [0.05, 0.1) is 13.2 Å². The zero-order chi connectivity index (χ0) is 25.0. The number of aliphatic carboxylic acids is 1. The number of hydrogen-bond acceptors (Lipinski definition) is 4. The molecule has 0 fully saturated rings. The standard InChI is InChI=1S/C29H58O5/c1-2-3-4-5-6-7-8-9-10-11-12-13-14-15-16-17-18-21-24-33-27-28(26-30)34-25-22-19-20-23-29(31)32/h28,30H,2-27H2,1H3,(H,31,32)/t28-/m0/s1. The topological polar surface area (TPSA) is 76.0 Å². The third kappa shape index (κ3) is 27.6. The second-order valence-electron chi connectivity index (χ2n) is 9.97. The van der Waals surface area contributed by atoms with Gasteiger partial charge in [-0.05, 0) is 19.3 Å². The van der Waals surface area contributed by atoms with Crippen molar-refractivity contribution in [3.05, 3.63) is 0 Å². The fourth-order valence-corrected chi connectivity index (χ4v) is 4.28. The Kier molecular flexibility index (Phi) is 28.0. The van der Waals surface area contributed by atoms with E-state index >= 15 is 0 Å². The average molecular weight is 487 g/mol. The van der Waals surface area contributed by atoms with Gasteiger partial charge < -0.3 is 19.7 Å². The van der Waals surface area contributed by atoms with Crippen LogP contribution in [0.2, 0.25) is 0 Å². The molecule has 0 amide bonds. The number of unbranched alkanes of at least 4 members (excludes halogenated alkanes) is 19. The van der Waals surface area contributed by atoms with Crippen LogP contribution in [0, 0.1) is 0 Å². The highest BCUT2D eigenvalue weighted by molar-refractivity contribution is 5.66. The summed E-state index contributed by atoms with van der Waals surface area (Å²) in [6, 6.07) is 0. The summed E-state index contributed by atoms with van der Waals surface area (Å²) in [5.74, 6) is -0.748. The minimum Gasteiger partial charge on any atom is -0.481 e. The fraction of sp³-hybridized carbons (Fsp3) is 0.966. The van der Waals surface area contributed by atoms with Crippen LogP contribution in [0.25, 0.3) is 0 Å². The maximum Gasteiger partial charge on any atom is 0.303 e. The molecule has 2 N–H and O–H groups in total. The van der Waals surface area contributed by atoms with E-state index in [9.17, 15) is 9.90 Å². The Morgan fingerprint density at radius 3 is 1.47 bits per heavy atom. The molecule has 0 aliphatic carbocycles. The lowest BCUT2D eigenvalue weighted by Gasteiger charge is -2.15. The molecule has 0 saturated carbocycles. The first-order chi connectivity index (χ1) is 16.7. The zero-order valence-electron chi connectivity index (χ0n) is 22.6. The van der Waals surface area contributed by atoms with Gasteiger partial charge in [-0.25, -0.2) is 0 Å². The van der Waals surface area contributed by atoms with Crippen LogP contribution < -0.4 is 0 Å². The van der Waals surface area contributed by atoms with E-state index in [1.807, 2.05) is 0 Å². The highest BCUT2D eigenvalue weighted by Gasteiger charge is 2.08. The van der Waals surface area contributed by atoms with Crippen LogP contribution in [0.15, 0.2) is 0 Å². The van der Waals surface area contributed by atoms with Crippen molar-refractivity contribution in [3.8, 4) is 0 Å². The lowest BCUT2D eigenvalue weighted by molar-refractivity contribution is -0.137. The minimum absolute atomic E-state index is 0.0335. The molecule has 204 valence electrons. The quantitative estimate of drug-likeness (QED) is 0.105. The largest absolute Gasteiger partial charge is 0.481 e. The van der Waals surface area contributed by atoms with Crippen molar-refractivity contribution in [3.63, 3.8) is 0 Å². The normalized spacial score (nSPS) is 12.3. The first-order valence-electron chi connectivity index (χ1n) is 14.7. The van der Waals surface area contributed by atoms with Crippen LogP contribution in [0.1, 0.15) is 148 Å². The molecule has 0 heterocycles. The number of aliphatic hydroxyl groups excluding tert-OH is 1. The Hall–Kier alpha value is -0.650. The number of rotatable bonds is 29. The number of carbonyl (C=O) groups is 1. The van der Waals surface area contributed by atoms with Crippen molar-refractivity contribution < 1.29 is 24.5 Å². The first-order valence-corrected chi connectivity index (χ1v) is 14.7. The molecule has 34 heavy (non-hydrogen) atoms. The predicted molar refractivity (Wildman–Crippen MR) is 143 cm³/mol. The van der Waals surface area contributed by atoms with Crippen molar-refractivity contribution in [1.29, 1.82) is 0 Å². The lowest BCUT2D eigenvalue weighted by atomic mass is 10.0. The third-order valence-corrected chi connectivity index (χ3v) is 6.54. The molecule has 0 aromatic heterocycles. The number of carboxylic acid groups (broad SMARTS) is 1. The van der Waals surface area contributed by atoms with E-state index in [2.05, 4.69) is 6.92 Å². The molecule has 0 saturated heterocycles. The Bertz CT molecular complexity index is 402. The third-order valence-electron chi connectivity index (χ3n) is 6.54. The molecule has 5 heteroatoms. The van der Waals surface area contributed by atoms with E-state index in [1.165, 1.54) is 109 Å². The van der Waals surface area contributed by atoms with E-state index in [0.29, 0.717) is 19.6 Å². The summed E-state index contributed by atoms with van der Waals surface area (Å²) < 4.78 is 11.3. The summed E-state index contributed by atoms with van der Waals surface area (Å²) in [5.41, 5.74) is 0. The van der Waals surface area contributed by atoms with Gasteiger partial charge in [0, 0.05) is 19.6 Å². The van der Waals surface area contributed by atoms with Gasteiger partial charge in [0.2, 0.25) is 0 Å². The van der Waals surface area contributed by atoms with Crippen molar-refractivity contribution in [2.24, 2.45) is 0 Å². The van der Waals surface area contributed by atoms with Gasteiger partial charge in [0.15, 0.2) is 0 Å². The van der Waals surface area contributed by atoms with E-state index in [4.69, 9.17) is 14.6 Å². The SMILES string of the molecule is CCCCCCCCCCCCCCCCCCCCOC[C@H](CO)OCCCCCC(=O)O. The molecule has 0 radical (unpaired) electrons. The smallest absolute Gasteiger partial charge is 0.303 e. The molecule has 0 spiro atoms. The Morgan fingerprint density at radius 2 is 1.03 bits per heavy atom. The van der Waals surface area contributed by atoms with Gasteiger partial charge in [0.25, 0.3) is 0 Å². The lowest BCUT2D eigenvalue weighted by Crippen LogP contribution is -2.24. The summed E-state index contributed by atoms with van der Waals surface area (Å²) >= 11 is 0. The Labute approximate surface area is 211 Å². The van der Waals surface area contributed by atoms with Gasteiger partial charge in [-0.2, -0.15) is 0 Å². The molecule has 0 aromatic carbocycles. The molecule has 0 rings (SSSR count). The molecular weight excluding hydrogens is 428 g/mol. The van der Waals surface area contributed by atoms with E-state index in [0.717, 1.165) is 25.9 Å². The number of aliphatic hydroxyl groups is 1.